The third kappa shape index (κ3) is 41.4. The van der Waals surface area contributed by atoms with Crippen molar-refractivity contribution in [3.05, 3.63) is 12.2 Å². The number of hydrogen-bond acceptors (Lipinski definition) is 5. The van der Waals surface area contributed by atoms with Crippen LogP contribution in [0.5, 0.6) is 0 Å². The van der Waals surface area contributed by atoms with Crippen molar-refractivity contribution >= 4 is 11.9 Å². The molecule has 0 amide bonds. The molecule has 1 unspecified atom stereocenters. The third-order valence-electron chi connectivity index (χ3n) is 10.3. The van der Waals surface area contributed by atoms with Gasteiger partial charge in [0.25, 0.3) is 0 Å². The van der Waals surface area contributed by atoms with E-state index in [-0.39, 0.29) is 18.5 Å². The fraction of sp³-hybridized carbons (Fsp3) is 0.915. The van der Waals surface area contributed by atoms with E-state index in [1.54, 1.807) is 0 Å². The lowest BCUT2D eigenvalue weighted by Gasteiger charge is -2.18. The first-order chi connectivity index (χ1) is 25.6. The molecule has 0 aromatic carbocycles. The van der Waals surface area contributed by atoms with Crippen molar-refractivity contribution in [2.75, 3.05) is 19.8 Å². The maximum absolute atomic E-state index is 12.7. The van der Waals surface area contributed by atoms with Gasteiger partial charge in [-0.15, -0.1) is 0 Å². The molecule has 0 aliphatic carbocycles. The second kappa shape index (κ2) is 44.0. The molecule has 52 heavy (non-hydrogen) atoms. The Kier molecular flexibility index (Phi) is 42.9. The molecular weight excluding hydrogens is 645 g/mol. The van der Waals surface area contributed by atoms with Gasteiger partial charge in [0.05, 0.1) is 6.61 Å². The Hall–Kier alpha value is -1.36. The highest BCUT2D eigenvalue weighted by atomic mass is 16.6. The lowest BCUT2D eigenvalue weighted by atomic mass is 10.0. The Morgan fingerprint density at radius 1 is 0.404 bits per heavy atom. The molecule has 0 saturated heterocycles. The minimum atomic E-state index is -0.527. The Morgan fingerprint density at radius 2 is 0.750 bits per heavy atom. The molecule has 0 aliphatic rings. The minimum Gasteiger partial charge on any atom is -0.462 e. The zero-order valence-electron chi connectivity index (χ0n) is 35.4. The highest BCUT2D eigenvalue weighted by Crippen LogP contribution is 2.15. The van der Waals surface area contributed by atoms with Crippen molar-refractivity contribution in [3.63, 3.8) is 0 Å². The molecule has 0 aliphatic heterocycles. The van der Waals surface area contributed by atoms with Crippen molar-refractivity contribution in [2.24, 2.45) is 0 Å². The van der Waals surface area contributed by atoms with E-state index in [9.17, 15) is 9.59 Å². The molecule has 0 spiro atoms. The number of carbonyl (C=O) groups is 2. The average Bonchev–Trinajstić information content (AvgIpc) is 3.14. The third-order valence-corrected chi connectivity index (χ3v) is 10.3. The van der Waals surface area contributed by atoms with Crippen LogP contribution in [0.25, 0.3) is 0 Å². The van der Waals surface area contributed by atoms with Gasteiger partial charge in [-0.1, -0.05) is 206 Å². The predicted molar refractivity (Wildman–Crippen MR) is 224 cm³/mol. The summed E-state index contributed by atoms with van der Waals surface area (Å²) in [5.41, 5.74) is 0. The highest BCUT2D eigenvalue weighted by Gasteiger charge is 2.17. The first-order valence-corrected chi connectivity index (χ1v) is 23.2. The largest absolute Gasteiger partial charge is 0.462 e. The molecule has 5 heteroatoms. The van der Waals surface area contributed by atoms with E-state index in [1.165, 1.54) is 167 Å². The Bertz CT molecular complexity index is 750. The van der Waals surface area contributed by atoms with Crippen LogP contribution in [0.1, 0.15) is 252 Å². The molecule has 0 N–H and O–H groups in total. The minimum absolute atomic E-state index is 0.0894. The quantitative estimate of drug-likeness (QED) is 0.0355. The molecule has 0 aromatic rings. The van der Waals surface area contributed by atoms with Crippen molar-refractivity contribution in [2.45, 2.75) is 258 Å². The summed E-state index contributed by atoms with van der Waals surface area (Å²) in [6.45, 7) is 7.81. The van der Waals surface area contributed by atoms with Gasteiger partial charge in [0, 0.05) is 19.4 Å². The van der Waals surface area contributed by atoms with E-state index in [4.69, 9.17) is 14.2 Å². The molecule has 0 fully saturated rings. The molecule has 0 heterocycles. The zero-order valence-corrected chi connectivity index (χ0v) is 35.4. The van der Waals surface area contributed by atoms with Gasteiger partial charge in [0.2, 0.25) is 0 Å². The van der Waals surface area contributed by atoms with Crippen molar-refractivity contribution in [1.29, 1.82) is 0 Å². The van der Waals surface area contributed by atoms with E-state index < -0.39 is 6.10 Å². The molecule has 5 nitrogen and oxygen atoms in total. The van der Waals surface area contributed by atoms with Crippen LogP contribution >= 0.6 is 0 Å². The number of unbranched alkanes of at least 4 members (excludes halogenated alkanes) is 30. The first kappa shape index (κ1) is 50.6. The topological polar surface area (TPSA) is 61.8 Å². The smallest absolute Gasteiger partial charge is 0.306 e. The molecule has 0 saturated carbocycles. The summed E-state index contributed by atoms with van der Waals surface area (Å²) in [7, 11) is 0. The second-order valence-corrected chi connectivity index (χ2v) is 15.7. The Labute approximate surface area is 325 Å². The van der Waals surface area contributed by atoms with Gasteiger partial charge < -0.3 is 14.2 Å². The summed E-state index contributed by atoms with van der Waals surface area (Å²) in [6, 6.07) is 0. The van der Waals surface area contributed by atoms with Gasteiger partial charge in [-0.3, -0.25) is 9.59 Å². The maximum atomic E-state index is 12.7. The van der Waals surface area contributed by atoms with Crippen molar-refractivity contribution in [1.82, 2.24) is 0 Å². The fourth-order valence-electron chi connectivity index (χ4n) is 6.80. The van der Waals surface area contributed by atoms with Crippen LogP contribution in [0.3, 0.4) is 0 Å². The monoisotopic (exact) mass is 735 g/mol. The van der Waals surface area contributed by atoms with Gasteiger partial charge in [-0.05, 0) is 44.9 Å². The maximum Gasteiger partial charge on any atom is 0.306 e. The van der Waals surface area contributed by atoms with E-state index >= 15 is 0 Å². The number of carbonyl (C=O) groups excluding carboxylic acids is 2. The highest BCUT2D eigenvalue weighted by molar-refractivity contribution is 5.70. The van der Waals surface area contributed by atoms with Gasteiger partial charge in [0.15, 0.2) is 6.10 Å². The van der Waals surface area contributed by atoms with Crippen molar-refractivity contribution in [3.8, 4) is 0 Å². The van der Waals surface area contributed by atoms with Gasteiger partial charge >= 0.3 is 11.9 Å². The van der Waals surface area contributed by atoms with Crippen LogP contribution in [0.15, 0.2) is 12.2 Å². The number of rotatable bonds is 43. The van der Waals surface area contributed by atoms with Gasteiger partial charge in [-0.2, -0.15) is 0 Å². The molecule has 308 valence electrons. The zero-order chi connectivity index (χ0) is 37.8. The Morgan fingerprint density at radius 3 is 1.19 bits per heavy atom. The lowest BCUT2D eigenvalue weighted by Crippen LogP contribution is -2.30. The van der Waals surface area contributed by atoms with Gasteiger partial charge in [0.1, 0.15) is 6.61 Å². The molecule has 0 aromatic heterocycles. The van der Waals surface area contributed by atoms with Crippen LogP contribution < -0.4 is 0 Å². The fourth-order valence-corrected chi connectivity index (χ4v) is 6.80. The van der Waals surface area contributed by atoms with Crippen LogP contribution in [-0.4, -0.2) is 37.9 Å². The van der Waals surface area contributed by atoms with Crippen LogP contribution in [0.2, 0.25) is 0 Å². The Balaban J connectivity index is 4.06. The van der Waals surface area contributed by atoms with Crippen LogP contribution in [-0.2, 0) is 23.8 Å². The van der Waals surface area contributed by atoms with Gasteiger partial charge in [-0.25, -0.2) is 0 Å². The summed E-state index contributed by atoms with van der Waals surface area (Å²) in [5, 5.41) is 0. The normalized spacial score (nSPS) is 12.1. The molecule has 0 bridgehead atoms. The number of ether oxygens (including phenoxy) is 3. The molecular formula is C47H90O5. The SMILES string of the molecule is CCCCCC/C=C\CCCCCCCC(=O)OC(COCCCCCCCC)COC(=O)CCCCCCCCCCCCCCCCCCC. The van der Waals surface area contributed by atoms with E-state index in [1.807, 2.05) is 0 Å². The predicted octanol–water partition coefficient (Wildman–Crippen LogP) is 15.1. The molecule has 0 radical (unpaired) electrons. The summed E-state index contributed by atoms with van der Waals surface area (Å²) in [6.07, 6.45) is 47.9. The van der Waals surface area contributed by atoms with Crippen molar-refractivity contribution < 1.29 is 23.8 Å². The number of esters is 2. The first-order valence-electron chi connectivity index (χ1n) is 23.2. The molecule has 0 rings (SSSR count). The van der Waals surface area contributed by atoms with E-state index in [2.05, 4.69) is 32.9 Å². The summed E-state index contributed by atoms with van der Waals surface area (Å²) in [4.78, 5) is 25.1. The molecule has 1 atom stereocenters. The lowest BCUT2D eigenvalue weighted by molar-refractivity contribution is -0.163. The van der Waals surface area contributed by atoms with E-state index in [0.29, 0.717) is 26.1 Å². The summed E-state index contributed by atoms with van der Waals surface area (Å²) >= 11 is 0. The van der Waals surface area contributed by atoms with E-state index in [0.717, 1.165) is 51.4 Å². The number of allylic oxidation sites excluding steroid dienone is 2. The van der Waals surface area contributed by atoms with Crippen LogP contribution in [0.4, 0.5) is 0 Å². The van der Waals surface area contributed by atoms with Crippen LogP contribution in [0, 0.1) is 0 Å². The second-order valence-electron chi connectivity index (χ2n) is 15.7. The summed E-state index contributed by atoms with van der Waals surface area (Å²) < 4.78 is 17.2. The summed E-state index contributed by atoms with van der Waals surface area (Å²) in [5.74, 6) is -0.396. The number of hydrogen-bond donors (Lipinski definition) is 0. The average molecular weight is 735 g/mol. The standard InChI is InChI=1S/C47H90O5/c1-4-7-10-13-16-18-20-22-23-24-25-27-28-30-32-34-37-40-46(48)51-44-45(43-50-42-39-36-15-12-9-6-3)52-47(49)41-38-35-33-31-29-26-21-19-17-14-11-8-5-2/h19,21,45H,4-18,20,22-44H2,1-3H3/b21-19-.